The van der Waals surface area contributed by atoms with Gasteiger partial charge in [0.2, 0.25) is 0 Å². The smallest absolute Gasteiger partial charge is 0.370 e. The van der Waals surface area contributed by atoms with Crippen LogP contribution < -0.4 is 0 Å². The molecule has 0 aromatic heterocycles. The van der Waals surface area contributed by atoms with Crippen LogP contribution in [0.3, 0.4) is 0 Å². The van der Waals surface area contributed by atoms with Crippen molar-refractivity contribution in [2.45, 2.75) is 38.3 Å². The molecule has 2 rings (SSSR count). The summed E-state index contributed by atoms with van der Waals surface area (Å²) in [5.41, 5.74) is 0. The van der Waals surface area contributed by atoms with Crippen LogP contribution in [0.15, 0.2) is 48.8 Å². The van der Waals surface area contributed by atoms with Crippen molar-refractivity contribution < 1.29 is 19.0 Å². The van der Waals surface area contributed by atoms with Crippen molar-refractivity contribution in [3.8, 4) is 0 Å². The molecule has 0 aromatic rings. The third kappa shape index (κ3) is 3.83. The average Bonchev–Trinajstić information content (AvgIpc) is 3.02. The van der Waals surface area contributed by atoms with Crippen LogP contribution in [0.1, 0.15) is 26.2 Å². The number of ether oxygens (including phenoxy) is 3. The highest BCUT2D eigenvalue weighted by Gasteiger charge is 2.36. The second kappa shape index (κ2) is 5.89. The largest absolute Gasteiger partial charge is 0.434 e. The molecule has 0 N–H and O–H groups in total. The molecule has 0 aliphatic heterocycles. The number of esters is 1. The lowest BCUT2D eigenvalue weighted by molar-refractivity contribution is -0.349. The van der Waals surface area contributed by atoms with Crippen molar-refractivity contribution in [2.75, 3.05) is 0 Å². The molecule has 0 aromatic carbocycles. The van der Waals surface area contributed by atoms with Crippen molar-refractivity contribution in [3.05, 3.63) is 48.8 Å². The molecule has 0 bridgehead atoms. The Bertz CT molecular complexity index is 439. The first-order valence-electron chi connectivity index (χ1n) is 6.34. The van der Waals surface area contributed by atoms with Crippen molar-refractivity contribution >= 4 is 5.97 Å². The standard InChI is InChI=1S/C15H18O4/c1-3-14(16)19-15(2,17-12-8-4-5-9-12)18-13-10-6-7-11-13/h3-8,13H,1,9-11H2,2H3. The van der Waals surface area contributed by atoms with E-state index in [1.165, 1.54) is 0 Å². The molecule has 0 saturated heterocycles. The summed E-state index contributed by atoms with van der Waals surface area (Å²) in [4.78, 5) is 11.4. The van der Waals surface area contributed by atoms with E-state index in [2.05, 4.69) is 6.58 Å². The average molecular weight is 262 g/mol. The maximum atomic E-state index is 11.4. The van der Waals surface area contributed by atoms with Gasteiger partial charge < -0.3 is 14.2 Å². The summed E-state index contributed by atoms with van der Waals surface area (Å²) < 4.78 is 16.7. The Hall–Kier alpha value is -1.81. The van der Waals surface area contributed by atoms with E-state index < -0.39 is 11.9 Å². The van der Waals surface area contributed by atoms with Gasteiger partial charge in [-0.05, 0) is 18.9 Å². The van der Waals surface area contributed by atoms with Crippen LogP contribution in [0.2, 0.25) is 0 Å². The van der Waals surface area contributed by atoms with Gasteiger partial charge in [-0.15, -0.1) is 0 Å². The van der Waals surface area contributed by atoms with Crippen LogP contribution >= 0.6 is 0 Å². The van der Waals surface area contributed by atoms with Gasteiger partial charge >= 0.3 is 11.9 Å². The normalized spacial score (nSPS) is 21.0. The number of allylic oxidation sites excluding steroid dienone is 3. The van der Waals surface area contributed by atoms with Crippen LogP contribution in [0.5, 0.6) is 0 Å². The fourth-order valence-electron chi connectivity index (χ4n) is 2.03. The predicted molar refractivity (Wildman–Crippen MR) is 70.9 cm³/mol. The van der Waals surface area contributed by atoms with E-state index in [0.29, 0.717) is 12.2 Å². The van der Waals surface area contributed by atoms with Crippen LogP contribution in [0.4, 0.5) is 0 Å². The number of carbonyl (C=O) groups excluding carboxylic acids is 1. The Labute approximate surface area is 113 Å². The number of rotatable bonds is 6. The van der Waals surface area contributed by atoms with Crippen LogP contribution in [0.25, 0.3) is 0 Å². The lowest BCUT2D eigenvalue weighted by Crippen LogP contribution is -2.40. The molecule has 1 unspecified atom stereocenters. The highest BCUT2D eigenvalue weighted by atomic mass is 16.9. The molecule has 0 amide bonds. The lowest BCUT2D eigenvalue weighted by Gasteiger charge is -2.32. The number of hydrogen-bond acceptors (Lipinski definition) is 4. The summed E-state index contributed by atoms with van der Waals surface area (Å²) in [6.07, 6.45) is 13.1. The third-order valence-corrected chi connectivity index (χ3v) is 2.85. The quantitative estimate of drug-likeness (QED) is 0.319. The van der Waals surface area contributed by atoms with Gasteiger partial charge in [-0.25, -0.2) is 4.79 Å². The van der Waals surface area contributed by atoms with Gasteiger partial charge in [0, 0.05) is 19.4 Å². The fourth-order valence-corrected chi connectivity index (χ4v) is 2.03. The molecule has 4 heteroatoms. The number of carbonyl (C=O) groups is 1. The van der Waals surface area contributed by atoms with Crippen molar-refractivity contribution in [2.24, 2.45) is 0 Å². The molecule has 0 radical (unpaired) electrons. The SMILES string of the molecule is C=CC(=O)OC(C)(OC1=CC=CC1)OC1CC=CC1. The number of hydrogen-bond donors (Lipinski definition) is 0. The van der Waals surface area contributed by atoms with E-state index in [0.717, 1.165) is 18.9 Å². The Morgan fingerprint density at radius 1 is 1.42 bits per heavy atom. The fraction of sp³-hybridized carbons (Fsp3) is 0.400. The Morgan fingerprint density at radius 2 is 2.16 bits per heavy atom. The molecule has 1 atom stereocenters. The minimum absolute atomic E-state index is 0.0300. The Balaban J connectivity index is 2.01. The summed E-state index contributed by atoms with van der Waals surface area (Å²) in [5.74, 6) is -1.27. The maximum absolute atomic E-state index is 11.4. The van der Waals surface area contributed by atoms with Crippen molar-refractivity contribution in [3.63, 3.8) is 0 Å². The van der Waals surface area contributed by atoms with Gasteiger partial charge in [0.1, 0.15) is 5.76 Å². The van der Waals surface area contributed by atoms with E-state index in [9.17, 15) is 4.79 Å². The maximum Gasteiger partial charge on any atom is 0.370 e. The zero-order valence-corrected chi connectivity index (χ0v) is 11.0. The van der Waals surface area contributed by atoms with Crippen molar-refractivity contribution in [1.82, 2.24) is 0 Å². The van der Waals surface area contributed by atoms with Gasteiger partial charge in [-0.1, -0.05) is 30.9 Å². The minimum atomic E-state index is -1.42. The molecule has 19 heavy (non-hydrogen) atoms. The van der Waals surface area contributed by atoms with E-state index in [-0.39, 0.29) is 6.10 Å². The Kier molecular flexibility index (Phi) is 4.22. The molecule has 2 aliphatic rings. The lowest BCUT2D eigenvalue weighted by atomic mass is 10.3. The summed E-state index contributed by atoms with van der Waals surface area (Å²) in [6, 6.07) is 0. The highest BCUT2D eigenvalue weighted by molar-refractivity contribution is 5.81. The Morgan fingerprint density at radius 3 is 2.74 bits per heavy atom. The van der Waals surface area contributed by atoms with Crippen LogP contribution in [-0.4, -0.2) is 18.0 Å². The first-order valence-corrected chi connectivity index (χ1v) is 6.34. The second-order valence-corrected chi connectivity index (χ2v) is 4.54. The van der Waals surface area contributed by atoms with E-state index in [1.54, 1.807) is 6.92 Å². The molecular formula is C15H18O4. The zero-order chi connectivity index (χ0) is 13.7. The molecule has 102 valence electrons. The van der Waals surface area contributed by atoms with Crippen LogP contribution in [0, 0.1) is 0 Å². The van der Waals surface area contributed by atoms with Gasteiger partial charge in [0.15, 0.2) is 0 Å². The molecule has 0 fully saturated rings. The van der Waals surface area contributed by atoms with Gasteiger partial charge in [0.25, 0.3) is 0 Å². The van der Waals surface area contributed by atoms with Gasteiger partial charge in [0.05, 0.1) is 6.10 Å². The topological polar surface area (TPSA) is 44.8 Å². The van der Waals surface area contributed by atoms with E-state index in [1.807, 2.05) is 30.4 Å². The zero-order valence-electron chi connectivity index (χ0n) is 11.0. The minimum Gasteiger partial charge on any atom is -0.434 e. The highest BCUT2D eigenvalue weighted by Crippen LogP contribution is 2.28. The van der Waals surface area contributed by atoms with E-state index in [4.69, 9.17) is 14.2 Å². The third-order valence-electron chi connectivity index (χ3n) is 2.85. The monoisotopic (exact) mass is 262 g/mol. The predicted octanol–water partition coefficient (Wildman–Crippen LogP) is 2.98. The molecule has 0 spiro atoms. The molecular weight excluding hydrogens is 244 g/mol. The molecule has 2 aliphatic carbocycles. The first kappa shape index (κ1) is 13.6. The molecule has 0 heterocycles. The summed E-state index contributed by atoms with van der Waals surface area (Å²) in [5, 5.41) is 0. The molecule has 4 nitrogen and oxygen atoms in total. The summed E-state index contributed by atoms with van der Waals surface area (Å²) in [6.45, 7) is 4.99. The van der Waals surface area contributed by atoms with Gasteiger partial charge in [-0.2, -0.15) is 0 Å². The second-order valence-electron chi connectivity index (χ2n) is 4.54. The summed E-state index contributed by atoms with van der Waals surface area (Å²) in [7, 11) is 0. The van der Waals surface area contributed by atoms with Crippen LogP contribution in [-0.2, 0) is 19.0 Å². The first-order chi connectivity index (χ1) is 9.11. The van der Waals surface area contributed by atoms with Gasteiger partial charge in [-0.3, -0.25) is 0 Å². The van der Waals surface area contributed by atoms with E-state index >= 15 is 0 Å². The van der Waals surface area contributed by atoms with Crippen molar-refractivity contribution in [1.29, 1.82) is 0 Å². The summed E-state index contributed by atoms with van der Waals surface area (Å²) >= 11 is 0. The molecule has 0 saturated carbocycles.